The maximum atomic E-state index is 12.2. The summed E-state index contributed by atoms with van der Waals surface area (Å²) in [6.07, 6.45) is 8.64. The van der Waals surface area contributed by atoms with Gasteiger partial charge in [0.15, 0.2) is 17.3 Å². The Morgan fingerprint density at radius 3 is 2.47 bits per heavy atom. The van der Waals surface area contributed by atoms with Crippen LogP contribution in [0, 0.1) is 5.92 Å². The van der Waals surface area contributed by atoms with Crippen molar-refractivity contribution in [1.82, 2.24) is 4.90 Å². The third-order valence-corrected chi connectivity index (χ3v) is 6.84. The van der Waals surface area contributed by atoms with Gasteiger partial charge in [0.2, 0.25) is 0 Å². The van der Waals surface area contributed by atoms with E-state index in [1.807, 2.05) is 32.8 Å². The highest BCUT2D eigenvalue weighted by Crippen LogP contribution is 2.41. The van der Waals surface area contributed by atoms with Gasteiger partial charge < -0.3 is 18.9 Å². The Hall–Kier alpha value is -1.72. The molecule has 0 heterocycles. The number of ether oxygens (including phenoxy) is 1. The summed E-state index contributed by atoms with van der Waals surface area (Å²) in [5, 5.41) is 9.74. The molecule has 0 aliphatic rings. The number of carbonyl (C=O) groups is 1. The van der Waals surface area contributed by atoms with Crippen LogP contribution < -0.4 is 8.92 Å². The van der Waals surface area contributed by atoms with Crippen LogP contribution in [0.5, 0.6) is 11.5 Å². The van der Waals surface area contributed by atoms with E-state index in [0.29, 0.717) is 17.3 Å². The first-order valence-corrected chi connectivity index (χ1v) is 14.0. The molecule has 0 aliphatic heterocycles. The standard InChI is InChI=1S/C26H40BrNO7S/c1-18(9-8-10-19(2)22(29)13-15-26(3,4)30)11-12-20-17-23(35-36(31,32)33)25(34-7)24(27)21(20)14-16-28(5)6/h11,13,15,17,19,30H,8-10,12,14,16H2,1-7H3,(H,31,32,33). The van der Waals surface area contributed by atoms with Crippen molar-refractivity contribution in [1.29, 1.82) is 0 Å². The lowest BCUT2D eigenvalue weighted by Crippen LogP contribution is -2.16. The van der Waals surface area contributed by atoms with Gasteiger partial charge in [-0.15, -0.1) is 0 Å². The number of aliphatic hydroxyl groups is 1. The minimum absolute atomic E-state index is 0.00117. The van der Waals surface area contributed by atoms with Crippen molar-refractivity contribution in [2.75, 3.05) is 27.7 Å². The zero-order valence-electron chi connectivity index (χ0n) is 22.3. The zero-order chi connectivity index (χ0) is 27.7. The molecule has 8 nitrogen and oxygen atoms in total. The number of ketones is 1. The van der Waals surface area contributed by atoms with Crippen molar-refractivity contribution in [2.24, 2.45) is 5.92 Å². The highest BCUT2D eigenvalue weighted by atomic mass is 79.9. The second-order valence-electron chi connectivity index (χ2n) is 9.86. The highest BCUT2D eigenvalue weighted by Gasteiger charge is 2.21. The molecule has 1 atom stereocenters. The normalized spacial score (nSPS) is 13.9. The van der Waals surface area contributed by atoms with Gasteiger partial charge in [-0.1, -0.05) is 24.6 Å². The molecule has 0 aliphatic carbocycles. The van der Waals surface area contributed by atoms with Gasteiger partial charge in [-0.3, -0.25) is 9.35 Å². The lowest BCUT2D eigenvalue weighted by atomic mass is 9.95. The topological polar surface area (TPSA) is 113 Å². The number of hydrogen-bond donors (Lipinski definition) is 2. The number of hydrogen-bond acceptors (Lipinski definition) is 7. The van der Waals surface area contributed by atoms with Gasteiger partial charge in [0, 0.05) is 12.5 Å². The van der Waals surface area contributed by atoms with Crippen LogP contribution in [0.4, 0.5) is 0 Å². The van der Waals surface area contributed by atoms with E-state index in [-0.39, 0.29) is 23.2 Å². The molecule has 0 fully saturated rings. The highest BCUT2D eigenvalue weighted by molar-refractivity contribution is 9.10. The minimum Gasteiger partial charge on any atom is -0.492 e. The lowest BCUT2D eigenvalue weighted by Gasteiger charge is -2.19. The number of halogens is 1. The Morgan fingerprint density at radius 1 is 1.31 bits per heavy atom. The maximum Gasteiger partial charge on any atom is 0.446 e. The number of nitrogens with zero attached hydrogens (tertiary/aromatic N) is 1. The summed E-state index contributed by atoms with van der Waals surface area (Å²) < 4.78 is 42.7. The molecular formula is C26H40BrNO7S. The van der Waals surface area contributed by atoms with Crippen molar-refractivity contribution in [3.63, 3.8) is 0 Å². The molecular weight excluding hydrogens is 550 g/mol. The predicted octanol–water partition coefficient (Wildman–Crippen LogP) is 4.93. The molecule has 10 heteroatoms. The Bertz CT molecular complexity index is 1060. The van der Waals surface area contributed by atoms with Crippen LogP contribution in [0.25, 0.3) is 0 Å². The molecule has 2 N–H and O–H groups in total. The van der Waals surface area contributed by atoms with Gasteiger partial charge in [0.1, 0.15) is 0 Å². The molecule has 0 aromatic heterocycles. The third-order valence-electron chi connectivity index (χ3n) is 5.61. The largest absolute Gasteiger partial charge is 0.492 e. The van der Waals surface area contributed by atoms with Crippen LogP contribution in [-0.2, 0) is 28.0 Å². The first-order chi connectivity index (χ1) is 16.5. The molecule has 0 bridgehead atoms. The van der Waals surface area contributed by atoms with E-state index >= 15 is 0 Å². The van der Waals surface area contributed by atoms with Crippen molar-refractivity contribution in [2.45, 2.75) is 65.4 Å². The first-order valence-electron chi connectivity index (χ1n) is 11.8. The monoisotopic (exact) mass is 589 g/mol. The van der Waals surface area contributed by atoms with E-state index in [1.165, 1.54) is 19.3 Å². The fraction of sp³-hybridized carbons (Fsp3) is 0.577. The summed E-state index contributed by atoms with van der Waals surface area (Å²) in [6.45, 7) is 7.93. The van der Waals surface area contributed by atoms with E-state index in [4.69, 9.17) is 8.92 Å². The van der Waals surface area contributed by atoms with Crippen molar-refractivity contribution < 1.29 is 31.8 Å². The van der Waals surface area contributed by atoms with Crippen LogP contribution in [0.3, 0.4) is 0 Å². The predicted molar refractivity (Wildman–Crippen MR) is 146 cm³/mol. The average Bonchev–Trinajstić information content (AvgIpc) is 2.73. The molecule has 0 amide bonds. The van der Waals surface area contributed by atoms with Gasteiger partial charge in [0.05, 0.1) is 17.2 Å². The summed E-state index contributed by atoms with van der Waals surface area (Å²) in [5.74, 6) is -0.0263. The van der Waals surface area contributed by atoms with E-state index in [2.05, 4.69) is 22.0 Å². The van der Waals surface area contributed by atoms with E-state index in [0.717, 1.165) is 42.5 Å². The number of methoxy groups -OCH3 is 1. The molecule has 0 spiro atoms. The number of allylic oxidation sites excluding steroid dienone is 3. The van der Waals surface area contributed by atoms with Crippen LogP contribution >= 0.6 is 15.9 Å². The van der Waals surface area contributed by atoms with Gasteiger partial charge in [0.25, 0.3) is 0 Å². The smallest absolute Gasteiger partial charge is 0.446 e. The fourth-order valence-corrected chi connectivity index (χ4v) is 4.68. The maximum absolute atomic E-state index is 12.2. The summed E-state index contributed by atoms with van der Waals surface area (Å²) in [6, 6.07) is 1.59. The molecule has 0 radical (unpaired) electrons. The number of likely N-dealkylation sites (N-methyl/N-ethyl adjacent to an activating group) is 1. The molecule has 0 saturated carbocycles. The first kappa shape index (κ1) is 32.3. The quantitative estimate of drug-likeness (QED) is 0.168. The summed E-state index contributed by atoms with van der Waals surface area (Å²) in [7, 11) is 0.620. The summed E-state index contributed by atoms with van der Waals surface area (Å²) in [4.78, 5) is 14.3. The Morgan fingerprint density at radius 2 is 1.94 bits per heavy atom. The SMILES string of the molecule is COc1c(OS(=O)(=O)O)cc(CC=C(C)CCCC(C)C(=O)C=CC(C)(C)O)c(CCN(C)C)c1Br. The number of benzene rings is 1. The minimum atomic E-state index is -4.72. The molecule has 1 aromatic rings. The molecule has 36 heavy (non-hydrogen) atoms. The molecule has 204 valence electrons. The Balaban J connectivity index is 3.02. The summed E-state index contributed by atoms with van der Waals surface area (Å²) in [5.41, 5.74) is 1.94. The van der Waals surface area contributed by atoms with Crippen LogP contribution in [-0.4, -0.2) is 62.1 Å². The van der Waals surface area contributed by atoms with Crippen molar-refractivity contribution >= 4 is 32.1 Å². The molecule has 1 aromatic carbocycles. The van der Waals surface area contributed by atoms with Crippen molar-refractivity contribution in [3.05, 3.63) is 45.5 Å². The second-order valence-corrected chi connectivity index (χ2v) is 11.7. The van der Waals surface area contributed by atoms with Gasteiger partial charge >= 0.3 is 10.4 Å². The van der Waals surface area contributed by atoms with Crippen molar-refractivity contribution in [3.8, 4) is 11.5 Å². The lowest BCUT2D eigenvalue weighted by molar-refractivity contribution is -0.118. The number of rotatable bonds is 15. The molecule has 1 rings (SSSR count). The third kappa shape index (κ3) is 12.0. The van der Waals surface area contributed by atoms with Gasteiger partial charge in [-0.05, 0) is 106 Å². The summed E-state index contributed by atoms with van der Waals surface area (Å²) >= 11 is 3.53. The average molecular weight is 591 g/mol. The van der Waals surface area contributed by atoms with Crippen LogP contribution in [0.1, 0.15) is 58.1 Å². The van der Waals surface area contributed by atoms with Crippen LogP contribution in [0.15, 0.2) is 34.3 Å². The second kappa shape index (κ2) is 14.3. The zero-order valence-corrected chi connectivity index (χ0v) is 24.7. The van der Waals surface area contributed by atoms with Gasteiger partial charge in [-0.25, -0.2) is 0 Å². The van der Waals surface area contributed by atoms with E-state index in [1.54, 1.807) is 19.9 Å². The van der Waals surface area contributed by atoms with Crippen LogP contribution in [0.2, 0.25) is 0 Å². The number of carbonyl (C=O) groups excluding carboxylic acids is 1. The fourth-order valence-electron chi connectivity index (χ4n) is 3.52. The van der Waals surface area contributed by atoms with Gasteiger partial charge in [-0.2, -0.15) is 8.42 Å². The Labute approximate surface area is 224 Å². The van der Waals surface area contributed by atoms with E-state index < -0.39 is 16.0 Å². The molecule has 1 unspecified atom stereocenters. The molecule has 0 saturated heterocycles. The Kier molecular flexibility index (Phi) is 12.8. The van der Waals surface area contributed by atoms with E-state index in [9.17, 15) is 22.9 Å².